The Hall–Kier alpha value is -2.25. The van der Waals surface area contributed by atoms with Gasteiger partial charge in [0, 0.05) is 15.9 Å². The van der Waals surface area contributed by atoms with Crippen LogP contribution in [0.5, 0.6) is 0 Å². The van der Waals surface area contributed by atoms with E-state index in [2.05, 4.69) is 34.6 Å². The van der Waals surface area contributed by atoms with Crippen LogP contribution in [0, 0.1) is 0 Å². The topological polar surface area (TPSA) is 41.1 Å². The van der Waals surface area contributed by atoms with Crippen LogP contribution in [0.15, 0.2) is 59.9 Å². The highest BCUT2D eigenvalue weighted by Crippen LogP contribution is 2.09. The van der Waals surface area contributed by atoms with E-state index in [1.54, 1.807) is 0 Å². The van der Waals surface area contributed by atoms with Crippen molar-refractivity contribution in [2.75, 3.05) is 13.1 Å². The summed E-state index contributed by atoms with van der Waals surface area (Å²) in [6.45, 7) is 5.41. The van der Waals surface area contributed by atoms with Gasteiger partial charge in [-0.25, -0.2) is 4.79 Å². The molecule has 0 saturated heterocycles. The Labute approximate surface area is 143 Å². The van der Waals surface area contributed by atoms with Crippen LogP contribution in [0.4, 0.5) is 4.79 Å². The molecule has 0 aromatic heterocycles. The van der Waals surface area contributed by atoms with E-state index in [0.29, 0.717) is 13.1 Å². The lowest BCUT2D eigenvalue weighted by Gasteiger charge is -2.07. The minimum atomic E-state index is -0.0721. The van der Waals surface area contributed by atoms with Crippen LogP contribution in [0.2, 0.25) is 0 Å². The molecular formula is C20H32N2O. The van der Waals surface area contributed by atoms with E-state index in [1.165, 1.54) is 11.1 Å². The molecule has 1 aromatic rings. The number of nitrogens with one attached hydrogen (secondary N) is 2. The highest BCUT2D eigenvalue weighted by atomic mass is 16.2. The predicted octanol–water partition coefficient (Wildman–Crippen LogP) is 4.87. The molecule has 23 heavy (non-hydrogen) atoms. The number of carbonyl (C=O) groups excluding carboxylic acids is 1. The van der Waals surface area contributed by atoms with E-state index in [-0.39, 0.29) is 8.88 Å². The third-order valence-corrected chi connectivity index (χ3v) is 3.36. The molecule has 0 radical (unpaired) electrons. The molecular weight excluding hydrogens is 284 g/mol. The van der Waals surface area contributed by atoms with Gasteiger partial charge in [0.2, 0.25) is 0 Å². The zero-order valence-corrected chi connectivity index (χ0v) is 14.3. The molecule has 0 unspecified atom stereocenters. The molecule has 0 spiro atoms. The summed E-state index contributed by atoms with van der Waals surface area (Å²) in [7, 11) is 0. The maximum atomic E-state index is 11.6. The largest absolute Gasteiger partial charge is 0.338 e. The Balaban J connectivity index is 0. The minimum Gasteiger partial charge on any atom is -0.338 e. The number of allylic oxidation sites excluding steroid dienone is 3. The zero-order valence-electron chi connectivity index (χ0n) is 14.3. The van der Waals surface area contributed by atoms with Gasteiger partial charge in [-0.1, -0.05) is 50.3 Å². The van der Waals surface area contributed by atoms with Crippen LogP contribution >= 0.6 is 0 Å². The van der Waals surface area contributed by atoms with Crippen LogP contribution in [-0.4, -0.2) is 19.1 Å². The highest BCUT2D eigenvalue weighted by Gasteiger charge is 2.00. The number of carbonyl (C=O) groups is 1. The molecule has 2 amide bonds. The van der Waals surface area contributed by atoms with Gasteiger partial charge >= 0.3 is 6.03 Å². The van der Waals surface area contributed by atoms with Crippen LogP contribution in [0.1, 0.15) is 41.5 Å². The smallest absolute Gasteiger partial charge is 0.314 e. The number of rotatable bonds is 8. The number of urea groups is 1. The average Bonchev–Trinajstić information content (AvgIpc) is 3.12. The van der Waals surface area contributed by atoms with E-state index < -0.39 is 0 Å². The summed E-state index contributed by atoms with van der Waals surface area (Å²) in [4.78, 5) is 11.6. The summed E-state index contributed by atoms with van der Waals surface area (Å²) in [5.74, 6) is 0. The van der Waals surface area contributed by atoms with Crippen molar-refractivity contribution in [2.45, 2.75) is 39.5 Å². The molecule has 0 saturated carbocycles. The predicted molar refractivity (Wildman–Crippen MR) is 102 cm³/mol. The van der Waals surface area contributed by atoms with Gasteiger partial charge in [0.15, 0.2) is 0 Å². The number of benzene rings is 1. The molecule has 3 heteroatoms. The lowest BCUT2D eigenvalue weighted by Crippen LogP contribution is -2.36. The molecule has 2 rings (SSSR count). The quantitative estimate of drug-likeness (QED) is 0.521. The van der Waals surface area contributed by atoms with Crippen molar-refractivity contribution in [1.82, 2.24) is 10.6 Å². The highest BCUT2D eigenvalue weighted by molar-refractivity contribution is 5.73. The Morgan fingerprint density at radius 1 is 1.04 bits per heavy atom. The van der Waals surface area contributed by atoms with Gasteiger partial charge in [0.05, 0.1) is 0 Å². The second-order valence-corrected chi connectivity index (χ2v) is 5.09. The summed E-state index contributed by atoms with van der Waals surface area (Å²) in [5, 5.41) is 5.77. The van der Waals surface area contributed by atoms with E-state index >= 15 is 0 Å². The fraction of sp³-hybridized carbons (Fsp3) is 0.400. The van der Waals surface area contributed by atoms with Crippen molar-refractivity contribution in [2.24, 2.45) is 0 Å². The van der Waals surface area contributed by atoms with Crippen LogP contribution < -0.4 is 10.6 Å². The first-order valence-corrected chi connectivity index (χ1v) is 8.52. The number of hydrogen-bond donors (Lipinski definition) is 2. The number of amides is 2. The average molecular weight is 316 g/mol. The van der Waals surface area contributed by atoms with E-state index in [0.717, 1.165) is 25.7 Å². The molecule has 0 fully saturated rings. The number of aryl methyl sites for hydroxylation is 1. The zero-order chi connectivity index (χ0) is 16.8. The third-order valence-electron chi connectivity index (χ3n) is 3.36. The fourth-order valence-corrected chi connectivity index (χ4v) is 2.21. The Morgan fingerprint density at radius 2 is 1.70 bits per heavy atom. The van der Waals surface area contributed by atoms with Crippen molar-refractivity contribution in [1.29, 1.82) is 0 Å². The van der Waals surface area contributed by atoms with Crippen molar-refractivity contribution >= 4 is 6.03 Å². The van der Waals surface area contributed by atoms with Gasteiger partial charge in [-0.3, -0.25) is 0 Å². The van der Waals surface area contributed by atoms with Gasteiger partial charge in [-0.2, -0.15) is 0 Å². The summed E-state index contributed by atoms with van der Waals surface area (Å²) >= 11 is 0. The molecule has 0 aliphatic heterocycles. The van der Waals surface area contributed by atoms with E-state index in [9.17, 15) is 4.79 Å². The van der Waals surface area contributed by atoms with Gasteiger partial charge in [-0.05, 0) is 49.0 Å². The van der Waals surface area contributed by atoms with Crippen LogP contribution in [-0.2, 0) is 6.42 Å². The van der Waals surface area contributed by atoms with Gasteiger partial charge in [0.25, 0.3) is 0 Å². The number of hydrogen-bond acceptors (Lipinski definition) is 1. The first-order valence-electron chi connectivity index (χ1n) is 8.52. The summed E-state index contributed by atoms with van der Waals surface area (Å²) < 4.78 is 0. The van der Waals surface area contributed by atoms with Gasteiger partial charge in [-0.15, -0.1) is 5.73 Å². The Kier molecular flexibility index (Phi) is 10.1. The molecule has 1 aromatic carbocycles. The molecule has 2 N–H and O–H groups in total. The summed E-state index contributed by atoms with van der Waals surface area (Å²) in [6, 6.07) is 10.3. The second kappa shape index (κ2) is 12.3. The lowest BCUT2D eigenvalue weighted by atomic mass is 10.1. The molecule has 3 nitrogen and oxygen atoms in total. The molecule has 1 aliphatic carbocycles. The Bertz CT molecular complexity index is 550. The third kappa shape index (κ3) is 8.70. The normalized spacial score (nSPS) is 11.5. The summed E-state index contributed by atoms with van der Waals surface area (Å²) in [6.07, 6.45) is 9.86. The monoisotopic (exact) mass is 316 g/mol. The first kappa shape index (κ1) is 18.8. The SMILES string of the molecule is CC.O=C(NCCCC1=CC=C=C1)NCCCc1ccccc1.[HH].[HH]. The van der Waals surface area contributed by atoms with Crippen molar-refractivity contribution in [3.8, 4) is 0 Å². The van der Waals surface area contributed by atoms with Crippen LogP contribution in [0.3, 0.4) is 0 Å². The molecule has 128 valence electrons. The fourth-order valence-electron chi connectivity index (χ4n) is 2.21. The van der Waals surface area contributed by atoms with Gasteiger partial charge < -0.3 is 10.6 Å². The lowest BCUT2D eigenvalue weighted by molar-refractivity contribution is 0.240. The van der Waals surface area contributed by atoms with Crippen molar-refractivity contribution in [3.63, 3.8) is 0 Å². The summed E-state index contributed by atoms with van der Waals surface area (Å²) in [5.41, 5.74) is 5.62. The standard InChI is InChI=1S/C18H22N2O.C2H6.2H2/c21-18(20-15-7-13-17-10-4-5-11-17)19-14-6-12-16-8-2-1-3-9-16;1-2;;/h1-4,8-11H,6-7,12-15H2,(H2,19,20,21);1-2H3;2*1H. The maximum Gasteiger partial charge on any atom is 0.314 e. The van der Waals surface area contributed by atoms with Crippen molar-refractivity contribution in [3.05, 3.63) is 65.4 Å². The Morgan fingerprint density at radius 3 is 2.30 bits per heavy atom. The van der Waals surface area contributed by atoms with Crippen LogP contribution in [0.25, 0.3) is 0 Å². The van der Waals surface area contributed by atoms with Crippen molar-refractivity contribution < 1.29 is 7.65 Å². The van der Waals surface area contributed by atoms with E-state index in [4.69, 9.17) is 0 Å². The molecule has 1 aliphatic rings. The van der Waals surface area contributed by atoms with E-state index in [1.807, 2.05) is 44.2 Å². The molecule has 0 atom stereocenters. The maximum absolute atomic E-state index is 11.6. The van der Waals surface area contributed by atoms with Gasteiger partial charge in [0.1, 0.15) is 0 Å². The second-order valence-electron chi connectivity index (χ2n) is 5.09. The first-order chi connectivity index (χ1) is 11.3. The molecule has 0 heterocycles. The molecule has 0 bridgehead atoms. The minimum absolute atomic E-state index is 0.